The highest BCUT2D eigenvalue weighted by molar-refractivity contribution is 6.31. The molecule has 0 saturated carbocycles. The summed E-state index contributed by atoms with van der Waals surface area (Å²) in [5.41, 5.74) is -1.19. The predicted octanol–water partition coefficient (Wildman–Crippen LogP) is 5.67. The van der Waals surface area contributed by atoms with E-state index in [-0.39, 0.29) is 39.6 Å². The summed E-state index contributed by atoms with van der Waals surface area (Å²) in [5.74, 6) is -1.23. The number of nitrogens with one attached hydrogen (secondary N) is 1. The number of aromatic nitrogens is 3. The van der Waals surface area contributed by atoms with Gasteiger partial charge in [-0.2, -0.15) is 0 Å². The fraction of sp³-hybridized carbons (Fsp3) is 0.154. The van der Waals surface area contributed by atoms with Crippen molar-refractivity contribution in [2.75, 3.05) is 0 Å². The topological polar surface area (TPSA) is 118 Å². The Morgan fingerprint density at radius 1 is 1.02 bits per heavy atom. The molecule has 3 heterocycles. The quantitative estimate of drug-likeness (QED) is 0.274. The number of carbonyl (C=O) groups is 2. The van der Waals surface area contributed by atoms with Crippen LogP contribution in [0, 0.1) is 0 Å². The van der Waals surface area contributed by atoms with Crippen LogP contribution >= 0.6 is 23.2 Å². The van der Waals surface area contributed by atoms with Crippen LogP contribution in [0.1, 0.15) is 18.1 Å². The van der Waals surface area contributed by atoms with Gasteiger partial charge in [0.25, 0.3) is 5.91 Å². The molecule has 3 aromatic carbocycles. The van der Waals surface area contributed by atoms with Crippen molar-refractivity contribution >= 4 is 57.2 Å². The van der Waals surface area contributed by atoms with Crippen LogP contribution in [0.2, 0.25) is 10.0 Å². The van der Waals surface area contributed by atoms with Gasteiger partial charge in [0.2, 0.25) is 5.60 Å². The highest BCUT2D eigenvalue weighted by Gasteiger charge is 2.46. The predicted molar refractivity (Wildman–Crippen MR) is 139 cm³/mol. The van der Waals surface area contributed by atoms with Crippen LogP contribution in [0.25, 0.3) is 27.8 Å². The molecule has 2 amide bonds. The second-order valence-electron chi connectivity index (χ2n) is 9.23. The van der Waals surface area contributed by atoms with Crippen molar-refractivity contribution in [3.63, 3.8) is 0 Å². The zero-order valence-electron chi connectivity index (χ0n) is 20.6. The molecule has 1 saturated heterocycles. The number of fused-ring (bicyclic) bond motifs is 2. The first-order valence-corrected chi connectivity index (χ1v) is 12.5. The molecular weight excluding hydrogens is 592 g/mol. The van der Waals surface area contributed by atoms with Crippen molar-refractivity contribution < 1.29 is 36.8 Å². The zero-order chi connectivity index (χ0) is 29.3. The van der Waals surface area contributed by atoms with Gasteiger partial charge < -0.3 is 14.0 Å². The van der Waals surface area contributed by atoms with Crippen LogP contribution in [0.5, 0.6) is 5.75 Å². The fourth-order valence-electron chi connectivity index (χ4n) is 4.67. The Bertz CT molecular complexity index is 1960. The summed E-state index contributed by atoms with van der Waals surface area (Å²) in [5, 5.41) is 7.00. The van der Waals surface area contributed by atoms with Crippen molar-refractivity contribution in [1.29, 1.82) is 0 Å². The van der Waals surface area contributed by atoms with E-state index < -0.39 is 35.4 Å². The van der Waals surface area contributed by atoms with Crippen molar-refractivity contribution in [3.8, 4) is 11.6 Å². The zero-order valence-corrected chi connectivity index (χ0v) is 22.1. The summed E-state index contributed by atoms with van der Waals surface area (Å²) in [6.45, 7) is 1.23. The molecule has 41 heavy (non-hydrogen) atoms. The lowest BCUT2D eigenvalue weighted by Gasteiger charge is -2.21. The largest absolute Gasteiger partial charge is 0.573 e. The summed E-state index contributed by atoms with van der Waals surface area (Å²) in [6, 6.07) is 12.5. The molecule has 15 heteroatoms. The Morgan fingerprint density at radius 2 is 1.80 bits per heavy atom. The third-order valence-electron chi connectivity index (χ3n) is 6.63. The molecule has 1 aliphatic heterocycles. The second kappa shape index (κ2) is 9.28. The first-order valence-electron chi connectivity index (χ1n) is 11.7. The van der Waals surface area contributed by atoms with E-state index >= 15 is 0 Å². The number of alkyl halides is 3. The Kier molecular flexibility index (Phi) is 6.05. The van der Waals surface area contributed by atoms with Gasteiger partial charge in [0.05, 0.1) is 23.0 Å². The third-order valence-corrected chi connectivity index (χ3v) is 7.24. The van der Waals surface area contributed by atoms with Crippen LogP contribution in [-0.4, -0.2) is 32.7 Å². The minimum atomic E-state index is -4.97. The lowest BCUT2D eigenvalue weighted by atomic mass is 9.94. The van der Waals surface area contributed by atoms with E-state index in [2.05, 4.69) is 15.2 Å². The van der Waals surface area contributed by atoms with Gasteiger partial charge >= 0.3 is 18.1 Å². The molecule has 0 bridgehead atoms. The van der Waals surface area contributed by atoms with E-state index in [1.165, 1.54) is 41.8 Å². The average Bonchev–Trinajstić information content (AvgIpc) is 3.50. The molecule has 0 unspecified atom stereocenters. The number of imide groups is 1. The Hall–Kier alpha value is -4.49. The second-order valence-corrected chi connectivity index (χ2v) is 10.1. The van der Waals surface area contributed by atoms with Crippen LogP contribution < -0.4 is 15.7 Å². The summed E-state index contributed by atoms with van der Waals surface area (Å²) in [7, 11) is 0. The van der Waals surface area contributed by atoms with E-state index in [1.807, 2.05) is 0 Å². The van der Waals surface area contributed by atoms with E-state index in [9.17, 15) is 27.6 Å². The van der Waals surface area contributed by atoms with Crippen LogP contribution in [-0.2, 0) is 21.7 Å². The van der Waals surface area contributed by atoms with Gasteiger partial charge in [-0.25, -0.2) is 14.2 Å². The van der Waals surface area contributed by atoms with Crippen LogP contribution in [0.4, 0.5) is 18.0 Å². The molecule has 6 rings (SSSR count). The van der Waals surface area contributed by atoms with Gasteiger partial charge in [-0.15, -0.1) is 13.2 Å². The molecule has 1 fully saturated rings. The van der Waals surface area contributed by atoms with Gasteiger partial charge in [-0.3, -0.25) is 14.7 Å². The minimum absolute atomic E-state index is 0.0106. The first kappa shape index (κ1) is 26.7. The molecule has 10 nitrogen and oxygen atoms in total. The normalized spacial score (nSPS) is 17.3. The number of ether oxygens (including phenoxy) is 2. The van der Waals surface area contributed by atoms with Crippen LogP contribution in [0.3, 0.4) is 0 Å². The van der Waals surface area contributed by atoms with E-state index in [0.717, 1.165) is 16.7 Å². The SMILES string of the molecule is C[C@]1(c2ccc(Cl)c(Cn3c(=O)n(-c4noc5cc(Cl)ccc45)c4cc(OC(F)(F)F)ccc43)c2)OC(=O)NC1=O. The number of carbonyl (C=O) groups excluding carboxylic acids is 2. The highest BCUT2D eigenvalue weighted by Crippen LogP contribution is 2.34. The maximum atomic E-state index is 13.9. The summed E-state index contributed by atoms with van der Waals surface area (Å²) >= 11 is 12.5. The molecule has 5 aromatic rings. The number of benzene rings is 3. The molecule has 210 valence electrons. The smallest absolute Gasteiger partial charge is 0.428 e. The maximum Gasteiger partial charge on any atom is 0.573 e. The Balaban J connectivity index is 1.53. The third kappa shape index (κ3) is 4.56. The molecule has 1 aliphatic rings. The molecule has 1 N–H and O–H groups in total. The standard InChI is InChI=1S/C26H15Cl2F3N4O6/c1-25(22(36)32-23(37)40-25)13-2-6-17(28)12(8-13)11-34-18-7-4-15(39-26(29,30)31)10-19(18)35(24(34)38)21-16-5-3-14(27)9-20(16)41-33-21/h2-10H,11H2,1H3,(H,32,36,37)/t25-/m1/s1. The monoisotopic (exact) mass is 606 g/mol. The number of hydrogen-bond donors (Lipinski definition) is 1. The Labute approximate surface area is 236 Å². The first-order chi connectivity index (χ1) is 19.3. The molecule has 2 aromatic heterocycles. The minimum Gasteiger partial charge on any atom is -0.428 e. The van der Waals surface area contributed by atoms with Gasteiger partial charge in [-0.1, -0.05) is 34.4 Å². The molecule has 0 aliphatic carbocycles. The number of nitrogens with zero attached hydrogens (tertiary/aromatic N) is 3. The van der Waals surface area contributed by atoms with E-state index in [4.69, 9.17) is 32.5 Å². The van der Waals surface area contributed by atoms with E-state index in [0.29, 0.717) is 16.0 Å². The highest BCUT2D eigenvalue weighted by atomic mass is 35.5. The number of alkyl carbamates (subject to hydrolysis) is 1. The molecule has 0 radical (unpaired) electrons. The van der Waals surface area contributed by atoms with Crippen molar-refractivity contribution in [1.82, 2.24) is 19.6 Å². The van der Waals surface area contributed by atoms with E-state index in [1.54, 1.807) is 12.1 Å². The van der Waals surface area contributed by atoms with Gasteiger partial charge in [0, 0.05) is 27.7 Å². The maximum absolute atomic E-state index is 13.9. The van der Waals surface area contributed by atoms with Crippen LogP contribution in [0.15, 0.2) is 63.9 Å². The molecule has 0 spiro atoms. The molecule has 1 atom stereocenters. The number of imidazole rings is 1. The summed E-state index contributed by atoms with van der Waals surface area (Å²) < 4.78 is 56.0. The fourth-order valence-corrected chi connectivity index (χ4v) is 5.01. The number of hydrogen-bond acceptors (Lipinski definition) is 7. The van der Waals surface area contributed by atoms with Crippen molar-refractivity contribution in [3.05, 3.63) is 86.3 Å². The van der Waals surface area contributed by atoms with Gasteiger partial charge in [0.15, 0.2) is 11.4 Å². The average molecular weight is 607 g/mol. The molecular formula is C26H15Cl2F3N4O6. The lowest BCUT2D eigenvalue weighted by molar-refractivity contribution is -0.274. The summed E-state index contributed by atoms with van der Waals surface area (Å²) in [4.78, 5) is 38.0. The number of halogens is 5. The summed E-state index contributed by atoms with van der Waals surface area (Å²) in [6.07, 6.45) is -5.88. The Morgan fingerprint density at radius 3 is 2.51 bits per heavy atom. The van der Waals surface area contributed by atoms with Gasteiger partial charge in [0.1, 0.15) is 5.75 Å². The van der Waals surface area contributed by atoms with Crippen molar-refractivity contribution in [2.24, 2.45) is 0 Å². The number of amides is 2. The lowest BCUT2D eigenvalue weighted by Crippen LogP contribution is -2.33. The van der Waals surface area contributed by atoms with Gasteiger partial charge in [-0.05, 0) is 48.9 Å². The van der Waals surface area contributed by atoms with Crippen molar-refractivity contribution in [2.45, 2.75) is 25.4 Å². The number of cyclic esters (lactones) is 1. The number of rotatable bonds is 5.